The number of methoxy groups -OCH3 is 1. The standard InChI is InChI=1S/C32H34N4O2/c1-38-30-15-9-8-14-28(30)29-16-17-31(34-33-29)35-22-19-27(20-23-35)32(37)36(24-26-12-6-3-7-13-26)21-18-25-10-4-2-5-11-25/h2-17,27H,18-24H2,1H3. The van der Waals surface area contributed by atoms with Gasteiger partial charge in [0.15, 0.2) is 5.82 Å². The first kappa shape index (κ1) is 25.5. The van der Waals surface area contributed by atoms with E-state index in [1.54, 1.807) is 7.11 Å². The fourth-order valence-electron chi connectivity index (χ4n) is 5.09. The monoisotopic (exact) mass is 506 g/mol. The Labute approximate surface area is 224 Å². The van der Waals surface area contributed by atoms with Crippen molar-refractivity contribution < 1.29 is 9.53 Å². The summed E-state index contributed by atoms with van der Waals surface area (Å²) in [6, 6.07) is 32.5. The van der Waals surface area contributed by atoms with Crippen LogP contribution in [0.3, 0.4) is 0 Å². The van der Waals surface area contributed by atoms with E-state index in [0.29, 0.717) is 13.1 Å². The highest BCUT2D eigenvalue weighted by molar-refractivity contribution is 5.79. The number of hydrogen-bond donors (Lipinski definition) is 0. The van der Waals surface area contributed by atoms with Crippen LogP contribution in [0.5, 0.6) is 5.75 Å². The van der Waals surface area contributed by atoms with Gasteiger partial charge in [-0.25, -0.2) is 0 Å². The van der Waals surface area contributed by atoms with Crippen LogP contribution in [0.25, 0.3) is 11.3 Å². The molecule has 0 aliphatic carbocycles. The third-order valence-electron chi connectivity index (χ3n) is 7.24. The molecule has 1 aliphatic rings. The van der Waals surface area contributed by atoms with Gasteiger partial charge in [-0.05, 0) is 54.7 Å². The maximum absolute atomic E-state index is 13.7. The smallest absolute Gasteiger partial charge is 0.226 e. The van der Waals surface area contributed by atoms with E-state index >= 15 is 0 Å². The zero-order valence-electron chi connectivity index (χ0n) is 21.9. The van der Waals surface area contributed by atoms with Gasteiger partial charge in [-0.3, -0.25) is 4.79 Å². The van der Waals surface area contributed by atoms with E-state index in [1.807, 2.05) is 65.6 Å². The molecule has 0 radical (unpaired) electrons. The number of piperidine rings is 1. The van der Waals surface area contributed by atoms with Crippen LogP contribution in [-0.2, 0) is 17.8 Å². The zero-order valence-corrected chi connectivity index (χ0v) is 21.9. The summed E-state index contributed by atoms with van der Waals surface area (Å²) in [4.78, 5) is 18.0. The molecule has 0 atom stereocenters. The Balaban J connectivity index is 1.22. The highest BCUT2D eigenvalue weighted by Gasteiger charge is 2.29. The minimum Gasteiger partial charge on any atom is -0.496 e. The SMILES string of the molecule is COc1ccccc1-c1ccc(N2CCC(C(=O)N(CCc3ccccc3)Cc3ccccc3)CC2)nn1. The molecule has 1 saturated heterocycles. The quantitative estimate of drug-likeness (QED) is 0.294. The summed E-state index contributed by atoms with van der Waals surface area (Å²) >= 11 is 0. The number of aromatic nitrogens is 2. The molecule has 1 amide bonds. The van der Waals surface area contributed by atoms with Gasteiger partial charge in [-0.2, -0.15) is 0 Å². The molecule has 38 heavy (non-hydrogen) atoms. The summed E-state index contributed by atoms with van der Waals surface area (Å²) in [5, 5.41) is 8.97. The van der Waals surface area contributed by atoms with Crippen molar-refractivity contribution in [2.75, 3.05) is 31.6 Å². The molecule has 0 unspecified atom stereocenters. The van der Waals surface area contributed by atoms with Gasteiger partial charge in [0, 0.05) is 37.7 Å². The van der Waals surface area contributed by atoms with Crippen LogP contribution in [0.4, 0.5) is 5.82 Å². The summed E-state index contributed by atoms with van der Waals surface area (Å²) in [5.74, 6) is 1.90. The van der Waals surface area contributed by atoms with Gasteiger partial charge in [-0.15, -0.1) is 10.2 Å². The van der Waals surface area contributed by atoms with Gasteiger partial charge < -0.3 is 14.5 Å². The number of nitrogens with zero attached hydrogens (tertiary/aromatic N) is 4. The first-order chi connectivity index (χ1) is 18.7. The number of rotatable bonds is 9. The average molecular weight is 507 g/mol. The molecule has 5 rings (SSSR count). The Morgan fingerprint density at radius 2 is 1.50 bits per heavy atom. The predicted octanol–water partition coefficient (Wildman–Crippen LogP) is 5.64. The second-order valence-electron chi connectivity index (χ2n) is 9.72. The van der Waals surface area contributed by atoms with Crippen molar-refractivity contribution in [3.05, 3.63) is 108 Å². The molecule has 6 heteroatoms. The minimum absolute atomic E-state index is 0.0200. The van der Waals surface area contributed by atoms with E-state index in [-0.39, 0.29) is 11.8 Å². The van der Waals surface area contributed by atoms with Crippen molar-refractivity contribution in [3.63, 3.8) is 0 Å². The van der Waals surface area contributed by atoms with E-state index in [0.717, 1.165) is 60.7 Å². The van der Waals surface area contributed by atoms with E-state index in [1.165, 1.54) is 5.56 Å². The van der Waals surface area contributed by atoms with Crippen molar-refractivity contribution in [1.29, 1.82) is 0 Å². The van der Waals surface area contributed by atoms with Gasteiger partial charge in [0.05, 0.1) is 12.8 Å². The molecule has 1 aliphatic heterocycles. The molecular formula is C32H34N4O2. The number of benzene rings is 3. The molecule has 1 fully saturated rings. The number of anilines is 1. The van der Waals surface area contributed by atoms with Crippen LogP contribution in [0.1, 0.15) is 24.0 Å². The summed E-state index contributed by atoms with van der Waals surface area (Å²) in [6.45, 7) is 2.93. The third-order valence-corrected chi connectivity index (χ3v) is 7.24. The maximum Gasteiger partial charge on any atom is 0.226 e. The summed E-state index contributed by atoms with van der Waals surface area (Å²) in [5.41, 5.74) is 4.12. The Kier molecular flexibility index (Phi) is 8.29. The molecule has 2 heterocycles. The van der Waals surface area contributed by atoms with Crippen molar-refractivity contribution in [2.24, 2.45) is 5.92 Å². The van der Waals surface area contributed by atoms with Crippen LogP contribution >= 0.6 is 0 Å². The van der Waals surface area contributed by atoms with E-state index < -0.39 is 0 Å². The number of carbonyl (C=O) groups is 1. The molecule has 4 aromatic rings. The lowest BCUT2D eigenvalue weighted by atomic mass is 9.94. The van der Waals surface area contributed by atoms with Gasteiger partial charge in [0.1, 0.15) is 5.75 Å². The highest BCUT2D eigenvalue weighted by atomic mass is 16.5. The molecule has 0 spiro atoms. The zero-order chi connectivity index (χ0) is 26.2. The van der Waals surface area contributed by atoms with Gasteiger partial charge in [-0.1, -0.05) is 72.8 Å². The lowest BCUT2D eigenvalue weighted by Crippen LogP contribution is -2.43. The van der Waals surface area contributed by atoms with E-state index in [4.69, 9.17) is 4.74 Å². The van der Waals surface area contributed by atoms with Crippen molar-refractivity contribution in [3.8, 4) is 17.0 Å². The van der Waals surface area contributed by atoms with Gasteiger partial charge in [0.2, 0.25) is 5.91 Å². The molecule has 6 nitrogen and oxygen atoms in total. The van der Waals surface area contributed by atoms with Crippen LogP contribution in [0, 0.1) is 5.92 Å². The number of para-hydroxylation sites is 1. The average Bonchev–Trinajstić information content (AvgIpc) is 3.00. The van der Waals surface area contributed by atoms with Crippen molar-refractivity contribution >= 4 is 11.7 Å². The van der Waals surface area contributed by atoms with Crippen LogP contribution in [-0.4, -0.2) is 47.7 Å². The molecule has 194 valence electrons. The molecule has 0 N–H and O–H groups in total. The largest absolute Gasteiger partial charge is 0.496 e. The van der Waals surface area contributed by atoms with E-state index in [2.05, 4.69) is 51.5 Å². The number of amides is 1. The maximum atomic E-state index is 13.7. The third kappa shape index (κ3) is 6.20. The predicted molar refractivity (Wildman–Crippen MR) is 151 cm³/mol. The van der Waals surface area contributed by atoms with Crippen LogP contribution < -0.4 is 9.64 Å². The van der Waals surface area contributed by atoms with Crippen LogP contribution in [0.15, 0.2) is 97.1 Å². The fraction of sp³-hybridized carbons (Fsp3) is 0.281. The molecule has 1 aromatic heterocycles. The van der Waals surface area contributed by atoms with Gasteiger partial charge in [0.25, 0.3) is 0 Å². The van der Waals surface area contributed by atoms with Gasteiger partial charge >= 0.3 is 0 Å². The lowest BCUT2D eigenvalue weighted by molar-refractivity contribution is -0.136. The Morgan fingerprint density at radius 3 is 2.16 bits per heavy atom. The summed E-state index contributed by atoms with van der Waals surface area (Å²) in [6.07, 6.45) is 2.48. The first-order valence-corrected chi connectivity index (χ1v) is 13.3. The molecular weight excluding hydrogens is 472 g/mol. The second-order valence-corrected chi connectivity index (χ2v) is 9.72. The number of hydrogen-bond acceptors (Lipinski definition) is 5. The van der Waals surface area contributed by atoms with Crippen LogP contribution in [0.2, 0.25) is 0 Å². The number of ether oxygens (including phenoxy) is 1. The molecule has 0 bridgehead atoms. The minimum atomic E-state index is 0.0200. The normalized spacial score (nSPS) is 13.8. The Bertz CT molecular complexity index is 1300. The van der Waals surface area contributed by atoms with Crippen molar-refractivity contribution in [1.82, 2.24) is 15.1 Å². The highest BCUT2D eigenvalue weighted by Crippen LogP contribution is 2.29. The summed E-state index contributed by atoms with van der Waals surface area (Å²) in [7, 11) is 1.66. The fourth-order valence-corrected chi connectivity index (χ4v) is 5.09. The molecule has 3 aromatic carbocycles. The first-order valence-electron chi connectivity index (χ1n) is 13.3. The Morgan fingerprint density at radius 1 is 0.842 bits per heavy atom. The van der Waals surface area contributed by atoms with Crippen molar-refractivity contribution in [2.45, 2.75) is 25.8 Å². The lowest BCUT2D eigenvalue weighted by Gasteiger charge is -2.35. The topological polar surface area (TPSA) is 58.6 Å². The summed E-state index contributed by atoms with van der Waals surface area (Å²) < 4.78 is 5.47. The molecule has 0 saturated carbocycles. The number of carbonyl (C=O) groups excluding carboxylic acids is 1. The second kappa shape index (κ2) is 12.4. The van der Waals surface area contributed by atoms with E-state index in [9.17, 15) is 4.79 Å². The Hall–Kier alpha value is -4.19.